The summed E-state index contributed by atoms with van der Waals surface area (Å²) in [6.45, 7) is 5.00. The van der Waals surface area contributed by atoms with Gasteiger partial charge in [0.2, 0.25) is 0 Å². The van der Waals surface area contributed by atoms with E-state index in [-0.39, 0.29) is 5.91 Å². The maximum Gasteiger partial charge on any atom is 0.289 e. The van der Waals surface area contributed by atoms with E-state index in [1.165, 1.54) is 0 Å². The number of nitrogens with one attached hydrogen (secondary N) is 1. The largest absolute Gasteiger partial charge is 0.396 e. The van der Waals surface area contributed by atoms with Crippen LogP contribution in [0.25, 0.3) is 16.7 Å². The molecule has 0 saturated heterocycles. The van der Waals surface area contributed by atoms with Gasteiger partial charge in [-0.05, 0) is 37.5 Å². The zero-order valence-electron chi connectivity index (χ0n) is 16.3. The van der Waals surface area contributed by atoms with Gasteiger partial charge in [-0.2, -0.15) is 5.10 Å². The number of anilines is 1. The summed E-state index contributed by atoms with van der Waals surface area (Å²) < 4.78 is 1.61. The minimum Gasteiger partial charge on any atom is -0.396 e. The normalized spacial score (nSPS) is 10.8. The molecule has 0 aliphatic rings. The summed E-state index contributed by atoms with van der Waals surface area (Å²) >= 11 is 0. The zero-order valence-corrected chi connectivity index (χ0v) is 16.3. The van der Waals surface area contributed by atoms with Crippen molar-refractivity contribution in [1.29, 1.82) is 0 Å². The van der Waals surface area contributed by atoms with Crippen LogP contribution in [0.3, 0.4) is 0 Å². The van der Waals surface area contributed by atoms with Crippen molar-refractivity contribution in [3.05, 3.63) is 53.7 Å². The van der Waals surface area contributed by atoms with Crippen molar-refractivity contribution < 1.29 is 4.79 Å². The standard InChI is InChI=1S/C21H21N7O/c1-3-27(21(29)19-25-17-9-6-7-14(2)18(17)26-19)12-5-4-8-15-13-23-20-16(22)10-11-24-28(15)20/h6-7,9-11,13H,3,5,12,22H2,1-2H3,(H,25,26). The highest BCUT2D eigenvalue weighted by Gasteiger charge is 2.18. The van der Waals surface area contributed by atoms with Crippen LogP contribution in [-0.2, 0) is 0 Å². The van der Waals surface area contributed by atoms with Crippen molar-refractivity contribution in [2.45, 2.75) is 20.3 Å². The third kappa shape index (κ3) is 3.50. The number of aromatic amines is 1. The van der Waals surface area contributed by atoms with Crippen molar-refractivity contribution in [2.24, 2.45) is 0 Å². The van der Waals surface area contributed by atoms with Gasteiger partial charge in [0.05, 0.1) is 29.1 Å². The SMILES string of the molecule is CCN(CCC#Cc1cnc2c(N)ccnn12)C(=O)c1nc2c(C)cccc2[nH]1. The number of H-pyrrole nitrogens is 1. The molecule has 4 rings (SSSR count). The van der Waals surface area contributed by atoms with Gasteiger partial charge < -0.3 is 15.6 Å². The lowest BCUT2D eigenvalue weighted by molar-refractivity contribution is 0.0757. The molecule has 1 amide bonds. The van der Waals surface area contributed by atoms with E-state index < -0.39 is 0 Å². The lowest BCUT2D eigenvalue weighted by Gasteiger charge is -2.18. The van der Waals surface area contributed by atoms with Gasteiger partial charge in [-0.15, -0.1) is 0 Å². The highest BCUT2D eigenvalue weighted by molar-refractivity contribution is 5.94. The summed E-state index contributed by atoms with van der Waals surface area (Å²) in [6.07, 6.45) is 3.78. The van der Waals surface area contributed by atoms with Gasteiger partial charge in [0.25, 0.3) is 5.91 Å². The lowest BCUT2D eigenvalue weighted by Crippen LogP contribution is -2.32. The number of hydrogen-bond donors (Lipinski definition) is 2. The Balaban J connectivity index is 1.46. The van der Waals surface area contributed by atoms with Gasteiger partial charge >= 0.3 is 0 Å². The summed E-state index contributed by atoms with van der Waals surface area (Å²) in [5, 5.41) is 4.22. The fourth-order valence-electron chi connectivity index (χ4n) is 3.17. The van der Waals surface area contributed by atoms with Gasteiger partial charge in [0.15, 0.2) is 11.5 Å². The highest BCUT2D eigenvalue weighted by atomic mass is 16.2. The first-order valence-electron chi connectivity index (χ1n) is 9.40. The second-order valence-corrected chi connectivity index (χ2v) is 6.66. The monoisotopic (exact) mass is 387 g/mol. The molecule has 3 N–H and O–H groups in total. The molecule has 0 bridgehead atoms. The molecular formula is C21H21N7O. The van der Waals surface area contributed by atoms with Gasteiger partial charge in [-0.25, -0.2) is 14.5 Å². The van der Waals surface area contributed by atoms with E-state index in [4.69, 9.17) is 5.73 Å². The molecule has 3 aromatic heterocycles. The molecule has 0 spiro atoms. The number of rotatable bonds is 4. The summed E-state index contributed by atoms with van der Waals surface area (Å²) in [7, 11) is 0. The third-order valence-corrected chi connectivity index (χ3v) is 4.74. The van der Waals surface area contributed by atoms with Gasteiger partial charge in [0.1, 0.15) is 5.69 Å². The quantitative estimate of drug-likeness (QED) is 0.523. The predicted octanol–water partition coefficient (Wildman–Crippen LogP) is 2.40. The van der Waals surface area contributed by atoms with Crippen LogP contribution in [0, 0.1) is 18.8 Å². The molecule has 0 fully saturated rings. The van der Waals surface area contributed by atoms with Crippen molar-refractivity contribution >= 4 is 28.3 Å². The first-order valence-corrected chi connectivity index (χ1v) is 9.40. The third-order valence-electron chi connectivity index (χ3n) is 4.74. The smallest absolute Gasteiger partial charge is 0.289 e. The van der Waals surface area contributed by atoms with Gasteiger partial charge in [-0.1, -0.05) is 18.1 Å². The molecule has 1 aromatic carbocycles. The molecule has 29 heavy (non-hydrogen) atoms. The number of aromatic nitrogens is 5. The zero-order chi connectivity index (χ0) is 20.4. The topological polar surface area (TPSA) is 105 Å². The van der Waals surface area contributed by atoms with E-state index in [0.29, 0.717) is 42.4 Å². The maximum atomic E-state index is 12.8. The molecule has 0 saturated carbocycles. The van der Waals surface area contributed by atoms with E-state index in [1.807, 2.05) is 32.0 Å². The minimum atomic E-state index is -0.130. The second-order valence-electron chi connectivity index (χ2n) is 6.66. The molecule has 3 heterocycles. The second kappa shape index (κ2) is 7.64. The van der Waals surface area contributed by atoms with Gasteiger partial charge in [0, 0.05) is 19.5 Å². The van der Waals surface area contributed by atoms with Crippen molar-refractivity contribution in [3.8, 4) is 11.8 Å². The Hall–Kier alpha value is -3.86. The van der Waals surface area contributed by atoms with Crippen LogP contribution in [0.15, 0.2) is 36.7 Å². The minimum absolute atomic E-state index is 0.130. The summed E-state index contributed by atoms with van der Waals surface area (Å²) in [6, 6.07) is 7.54. The number of nitrogens with zero attached hydrogens (tertiary/aromatic N) is 5. The Kier molecular flexibility index (Phi) is 4.87. The number of fused-ring (bicyclic) bond motifs is 2. The molecule has 0 aliphatic carbocycles. The van der Waals surface area contributed by atoms with Crippen LogP contribution in [0.2, 0.25) is 0 Å². The molecular weight excluding hydrogens is 366 g/mol. The number of carbonyl (C=O) groups is 1. The van der Waals surface area contributed by atoms with Crippen LogP contribution >= 0.6 is 0 Å². The average molecular weight is 387 g/mol. The average Bonchev–Trinajstić information content (AvgIpc) is 3.34. The molecule has 0 radical (unpaired) electrons. The molecule has 8 nitrogen and oxygen atoms in total. The van der Waals surface area contributed by atoms with Crippen LogP contribution < -0.4 is 5.73 Å². The van der Waals surface area contributed by atoms with E-state index in [0.717, 1.165) is 16.6 Å². The van der Waals surface area contributed by atoms with Crippen molar-refractivity contribution in [3.63, 3.8) is 0 Å². The molecule has 4 aromatic rings. The number of nitrogen functional groups attached to an aromatic ring is 1. The van der Waals surface area contributed by atoms with E-state index in [1.54, 1.807) is 27.9 Å². The van der Waals surface area contributed by atoms with Crippen molar-refractivity contribution in [1.82, 2.24) is 29.5 Å². The molecule has 146 valence electrons. The highest BCUT2D eigenvalue weighted by Crippen LogP contribution is 2.16. The predicted molar refractivity (Wildman–Crippen MR) is 111 cm³/mol. The van der Waals surface area contributed by atoms with Crippen LogP contribution in [0.5, 0.6) is 0 Å². The Morgan fingerprint density at radius 3 is 3.00 bits per heavy atom. The van der Waals surface area contributed by atoms with Crippen LogP contribution in [0.4, 0.5) is 5.69 Å². The Morgan fingerprint density at radius 1 is 1.34 bits per heavy atom. The number of benzene rings is 1. The molecule has 0 unspecified atom stereocenters. The van der Waals surface area contributed by atoms with Crippen molar-refractivity contribution in [2.75, 3.05) is 18.8 Å². The van der Waals surface area contributed by atoms with E-state index in [2.05, 4.69) is 31.9 Å². The Bertz CT molecular complexity index is 1260. The number of aryl methyl sites for hydroxylation is 1. The maximum absolute atomic E-state index is 12.8. The Morgan fingerprint density at radius 2 is 2.21 bits per heavy atom. The van der Waals surface area contributed by atoms with Crippen LogP contribution in [-0.4, -0.2) is 48.5 Å². The molecule has 8 heteroatoms. The van der Waals surface area contributed by atoms with Gasteiger partial charge in [-0.3, -0.25) is 4.79 Å². The summed E-state index contributed by atoms with van der Waals surface area (Å²) in [4.78, 5) is 26.4. The molecule has 0 aliphatic heterocycles. The summed E-state index contributed by atoms with van der Waals surface area (Å²) in [5.41, 5.74) is 10.4. The van der Waals surface area contributed by atoms with E-state index in [9.17, 15) is 4.79 Å². The first kappa shape index (κ1) is 18.5. The first-order chi connectivity index (χ1) is 14.1. The number of amides is 1. The number of nitrogens with two attached hydrogens (primary N) is 1. The Labute approximate surface area is 167 Å². The van der Waals surface area contributed by atoms with E-state index >= 15 is 0 Å². The molecule has 0 atom stereocenters. The number of hydrogen-bond acceptors (Lipinski definition) is 5. The number of carbonyl (C=O) groups excluding carboxylic acids is 1. The fraction of sp³-hybridized carbons (Fsp3) is 0.238. The van der Waals surface area contributed by atoms with Crippen LogP contribution in [0.1, 0.15) is 35.2 Å². The number of para-hydroxylation sites is 1. The summed E-state index contributed by atoms with van der Waals surface area (Å²) in [5.74, 6) is 6.37. The number of imidazole rings is 2. The lowest BCUT2D eigenvalue weighted by atomic mass is 10.2. The fourth-order valence-corrected chi connectivity index (χ4v) is 3.17.